The lowest BCUT2D eigenvalue weighted by molar-refractivity contribution is -0.134. The number of carbonyl (C=O) groups excluding carboxylic acids is 3. The number of para-hydroxylation sites is 1. The molecule has 1 unspecified atom stereocenters. The molecule has 6 heteroatoms. The molecule has 24 heavy (non-hydrogen) atoms. The van der Waals surface area contributed by atoms with Crippen LogP contribution in [0, 0.1) is 12.8 Å². The van der Waals surface area contributed by atoms with Crippen LogP contribution in [0.25, 0.3) is 0 Å². The van der Waals surface area contributed by atoms with Gasteiger partial charge in [0, 0.05) is 5.69 Å². The number of nitrogens with zero attached hydrogens (tertiary/aromatic N) is 1. The highest BCUT2D eigenvalue weighted by atomic mass is 16.2. The highest BCUT2D eigenvalue weighted by molar-refractivity contribution is 6.10. The van der Waals surface area contributed by atoms with Crippen molar-refractivity contribution in [3.05, 3.63) is 29.3 Å². The van der Waals surface area contributed by atoms with Crippen LogP contribution in [0.2, 0.25) is 0 Å². The van der Waals surface area contributed by atoms with Crippen molar-refractivity contribution in [1.29, 1.82) is 0 Å². The van der Waals surface area contributed by atoms with E-state index in [4.69, 9.17) is 0 Å². The summed E-state index contributed by atoms with van der Waals surface area (Å²) in [7, 11) is 0. The second-order valence-corrected chi connectivity index (χ2v) is 6.81. The minimum absolute atomic E-state index is 0.185. The van der Waals surface area contributed by atoms with Crippen LogP contribution in [-0.4, -0.2) is 34.8 Å². The fraction of sp³-hybridized carbons (Fsp3) is 0.500. The van der Waals surface area contributed by atoms with E-state index >= 15 is 0 Å². The number of anilines is 1. The third-order valence-electron chi connectivity index (χ3n) is 5.00. The Kier molecular flexibility index (Phi) is 4.07. The number of carbonyl (C=O) groups is 3. The van der Waals surface area contributed by atoms with Crippen LogP contribution in [0.3, 0.4) is 0 Å². The molecule has 0 bridgehead atoms. The predicted octanol–water partition coefficient (Wildman–Crippen LogP) is 2.22. The van der Waals surface area contributed by atoms with Gasteiger partial charge in [0.2, 0.25) is 5.91 Å². The second-order valence-electron chi connectivity index (χ2n) is 6.81. The minimum atomic E-state index is -0.853. The van der Waals surface area contributed by atoms with Crippen LogP contribution in [0.5, 0.6) is 0 Å². The summed E-state index contributed by atoms with van der Waals surface area (Å²) in [5.41, 5.74) is 1.90. The number of urea groups is 1. The Bertz CT molecular complexity index is 711. The van der Waals surface area contributed by atoms with Crippen molar-refractivity contribution in [3.8, 4) is 0 Å². The number of hydrogen-bond acceptors (Lipinski definition) is 3. The summed E-state index contributed by atoms with van der Waals surface area (Å²) >= 11 is 0. The molecule has 0 radical (unpaired) electrons. The van der Waals surface area contributed by atoms with Crippen LogP contribution in [0.1, 0.15) is 37.8 Å². The van der Waals surface area contributed by atoms with Gasteiger partial charge in [-0.15, -0.1) is 0 Å². The first-order valence-electron chi connectivity index (χ1n) is 8.39. The third kappa shape index (κ3) is 2.77. The molecule has 1 heterocycles. The first-order valence-corrected chi connectivity index (χ1v) is 8.39. The average Bonchev–Trinajstić information content (AvgIpc) is 3.36. The molecule has 1 aliphatic heterocycles. The Morgan fingerprint density at radius 1 is 1.38 bits per heavy atom. The zero-order valence-electron chi connectivity index (χ0n) is 14.3. The topological polar surface area (TPSA) is 78.5 Å². The Balaban J connectivity index is 1.72. The summed E-state index contributed by atoms with van der Waals surface area (Å²) in [5.74, 6) is -0.474. The van der Waals surface area contributed by atoms with Crippen molar-refractivity contribution in [2.45, 2.75) is 45.6 Å². The maximum Gasteiger partial charge on any atom is 0.325 e. The van der Waals surface area contributed by atoms with E-state index in [0.717, 1.165) is 41.0 Å². The van der Waals surface area contributed by atoms with Crippen LogP contribution < -0.4 is 10.6 Å². The molecule has 6 nitrogen and oxygen atoms in total. The number of aryl methyl sites for hydroxylation is 2. The Labute approximate surface area is 141 Å². The van der Waals surface area contributed by atoms with Gasteiger partial charge in [-0.05, 0) is 50.2 Å². The van der Waals surface area contributed by atoms with Crippen molar-refractivity contribution in [2.75, 3.05) is 11.9 Å². The van der Waals surface area contributed by atoms with Gasteiger partial charge in [0.1, 0.15) is 12.1 Å². The van der Waals surface area contributed by atoms with Gasteiger partial charge in [0.05, 0.1) is 0 Å². The van der Waals surface area contributed by atoms with Crippen molar-refractivity contribution < 1.29 is 14.4 Å². The van der Waals surface area contributed by atoms with E-state index in [1.54, 1.807) is 6.92 Å². The quantitative estimate of drug-likeness (QED) is 0.813. The summed E-state index contributed by atoms with van der Waals surface area (Å²) in [6.07, 6.45) is 2.66. The van der Waals surface area contributed by atoms with E-state index in [-0.39, 0.29) is 24.3 Å². The average molecular weight is 329 g/mol. The van der Waals surface area contributed by atoms with Crippen molar-refractivity contribution in [3.63, 3.8) is 0 Å². The van der Waals surface area contributed by atoms with E-state index in [1.807, 2.05) is 32.0 Å². The van der Waals surface area contributed by atoms with E-state index in [0.29, 0.717) is 0 Å². The Morgan fingerprint density at radius 3 is 2.71 bits per heavy atom. The summed E-state index contributed by atoms with van der Waals surface area (Å²) < 4.78 is 0. The van der Waals surface area contributed by atoms with Gasteiger partial charge in [-0.1, -0.05) is 25.1 Å². The zero-order chi connectivity index (χ0) is 17.5. The van der Waals surface area contributed by atoms with Crippen LogP contribution in [0.4, 0.5) is 10.5 Å². The largest absolute Gasteiger partial charge is 0.325 e. The minimum Gasteiger partial charge on any atom is -0.324 e. The molecule has 1 aromatic rings. The van der Waals surface area contributed by atoms with Gasteiger partial charge >= 0.3 is 6.03 Å². The lowest BCUT2D eigenvalue weighted by atomic mass is 9.96. The van der Waals surface area contributed by atoms with Gasteiger partial charge in [0.15, 0.2) is 0 Å². The smallest absolute Gasteiger partial charge is 0.324 e. The third-order valence-corrected chi connectivity index (χ3v) is 5.00. The van der Waals surface area contributed by atoms with E-state index in [1.165, 1.54) is 0 Å². The lowest BCUT2D eigenvalue weighted by Crippen LogP contribution is -2.46. The molecule has 0 aromatic heterocycles. The van der Waals surface area contributed by atoms with E-state index < -0.39 is 11.6 Å². The fourth-order valence-corrected chi connectivity index (χ4v) is 3.32. The highest BCUT2D eigenvalue weighted by Crippen LogP contribution is 2.42. The van der Waals surface area contributed by atoms with Gasteiger partial charge in [0.25, 0.3) is 5.91 Å². The molecule has 0 spiro atoms. The lowest BCUT2D eigenvalue weighted by Gasteiger charge is -2.21. The number of amides is 4. The Morgan fingerprint density at radius 2 is 2.08 bits per heavy atom. The molecule has 1 saturated carbocycles. The summed E-state index contributed by atoms with van der Waals surface area (Å²) in [5, 5.41) is 5.61. The van der Waals surface area contributed by atoms with Crippen molar-refractivity contribution in [2.24, 2.45) is 5.92 Å². The molecule has 1 atom stereocenters. The molecule has 2 N–H and O–H groups in total. The molecule has 2 aliphatic rings. The molecular weight excluding hydrogens is 306 g/mol. The normalized spacial score (nSPS) is 23.4. The maximum atomic E-state index is 12.6. The number of benzene rings is 1. The van der Waals surface area contributed by atoms with Gasteiger partial charge in [-0.25, -0.2) is 4.79 Å². The number of rotatable bonds is 5. The molecule has 4 amide bonds. The van der Waals surface area contributed by atoms with Gasteiger partial charge < -0.3 is 10.6 Å². The molecule has 3 rings (SSSR count). The predicted molar refractivity (Wildman–Crippen MR) is 90.6 cm³/mol. The molecular formula is C18H23N3O3. The monoisotopic (exact) mass is 329 g/mol. The van der Waals surface area contributed by atoms with Crippen molar-refractivity contribution >= 4 is 23.5 Å². The SMILES string of the molecule is CCc1cccc(C)c1NC(=O)CN1C(=O)NC(C)(C2CC2)C1=O. The van der Waals surface area contributed by atoms with Crippen LogP contribution in [0.15, 0.2) is 18.2 Å². The number of nitrogens with one attached hydrogen (secondary N) is 2. The highest BCUT2D eigenvalue weighted by Gasteiger charge is 2.56. The van der Waals surface area contributed by atoms with E-state index in [2.05, 4.69) is 10.6 Å². The first kappa shape index (κ1) is 16.5. The van der Waals surface area contributed by atoms with Gasteiger partial charge in [-0.2, -0.15) is 0 Å². The molecule has 128 valence electrons. The van der Waals surface area contributed by atoms with Crippen LogP contribution >= 0.6 is 0 Å². The summed E-state index contributed by atoms with van der Waals surface area (Å²) in [6, 6.07) is 5.35. The zero-order valence-corrected chi connectivity index (χ0v) is 14.3. The van der Waals surface area contributed by atoms with Gasteiger partial charge in [-0.3, -0.25) is 14.5 Å². The molecule has 1 aromatic carbocycles. The Hall–Kier alpha value is -2.37. The van der Waals surface area contributed by atoms with E-state index in [9.17, 15) is 14.4 Å². The van der Waals surface area contributed by atoms with Crippen LogP contribution in [-0.2, 0) is 16.0 Å². The summed E-state index contributed by atoms with van der Waals surface area (Å²) in [4.78, 5) is 38.1. The molecule has 1 saturated heterocycles. The first-order chi connectivity index (χ1) is 11.4. The molecule has 2 fully saturated rings. The second kappa shape index (κ2) is 5.92. The standard InChI is InChI=1S/C18H23N3O3/c1-4-12-7-5-6-11(2)15(12)19-14(22)10-21-16(23)18(3,13-8-9-13)20-17(21)24/h5-7,13H,4,8-10H2,1-3H3,(H,19,22)(H,20,24). The van der Waals surface area contributed by atoms with Crippen molar-refractivity contribution in [1.82, 2.24) is 10.2 Å². The maximum absolute atomic E-state index is 12.6. The molecule has 1 aliphatic carbocycles. The summed E-state index contributed by atoms with van der Waals surface area (Å²) in [6.45, 7) is 5.43. The fourth-order valence-electron chi connectivity index (χ4n) is 3.32. The number of hydrogen-bond donors (Lipinski definition) is 2. The number of imide groups is 1.